The fraction of sp³-hybridized carbons (Fsp3) is 1.00. The predicted molar refractivity (Wildman–Crippen MR) is 57.7 cm³/mol. The number of nitrogens with one attached hydrogen (secondary N) is 1. The van der Waals surface area contributed by atoms with Crippen LogP contribution < -0.4 is 4.72 Å². The Bertz CT molecular complexity index is 236. The lowest BCUT2D eigenvalue weighted by Gasteiger charge is -2.21. The lowest BCUT2D eigenvalue weighted by atomic mass is 10.1. The molecule has 0 amide bonds. The topological polar surface area (TPSA) is 55.4 Å². The van der Waals surface area contributed by atoms with Crippen molar-refractivity contribution in [1.29, 1.82) is 0 Å². The van der Waals surface area contributed by atoms with Crippen molar-refractivity contribution in [2.24, 2.45) is 5.92 Å². The highest BCUT2D eigenvalue weighted by atomic mass is 32.2. The van der Waals surface area contributed by atoms with Crippen LogP contribution >= 0.6 is 0 Å². The molecule has 0 radical (unpaired) electrons. The van der Waals surface area contributed by atoms with Crippen molar-refractivity contribution in [2.45, 2.75) is 33.7 Å². The first-order chi connectivity index (χ1) is 6.43. The van der Waals surface area contributed by atoms with Crippen molar-refractivity contribution in [3.05, 3.63) is 0 Å². The summed E-state index contributed by atoms with van der Waals surface area (Å²) < 4.78 is 30.5. The molecule has 0 aliphatic heterocycles. The van der Waals surface area contributed by atoms with E-state index in [1.54, 1.807) is 6.92 Å². The first kappa shape index (κ1) is 13.9. The largest absolute Gasteiger partial charge is 0.380 e. The van der Waals surface area contributed by atoms with E-state index in [0.29, 0.717) is 13.2 Å². The van der Waals surface area contributed by atoms with Crippen LogP contribution in [0.15, 0.2) is 0 Å². The number of hydrogen-bond acceptors (Lipinski definition) is 3. The van der Waals surface area contributed by atoms with E-state index < -0.39 is 10.0 Å². The van der Waals surface area contributed by atoms with E-state index in [-0.39, 0.29) is 17.7 Å². The monoisotopic (exact) mass is 223 g/mol. The minimum atomic E-state index is -3.12. The van der Waals surface area contributed by atoms with Gasteiger partial charge in [0.15, 0.2) is 0 Å². The molecule has 0 fully saturated rings. The van der Waals surface area contributed by atoms with Gasteiger partial charge in [-0.15, -0.1) is 0 Å². The number of hydrogen-bond donors (Lipinski definition) is 1. The number of rotatable bonds is 7. The van der Waals surface area contributed by atoms with Crippen molar-refractivity contribution in [1.82, 2.24) is 4.72 Å². The lowest BCUT2D eigenvalue weighted by molar-refractivity contribution is 0.116. The molecule has 1 N–H and O–H groups in total. The quantitative estimate of drug-likeness (QED) is 0.700. The Morgan fingerprint density at radius 1 is 1.29 bits per heavy atom. The zero-order chi connectivity index (χ0) is 11.2. The van der Waals surface area contributed by atoms with Crippen LogP contribution in [0.5, 0.6) is 0 Å². The van der Waals surface area contributed by atoms with E-state index in [0.717, 1.165) is 0 Å². The van der Waals surface area contributed by atoms with Crippen molar-refractivity contribution < 1.29 is 13.2 Å². The second-order valence-electron chi connectivity index (χ2n) is 3.53. The third kappa shape index (κ3) is 5.57. The van der Waals surface area contributed by atoms with E-state index in [9.17, 15) is 8.42 Å². The van der Waals surface area contributed by atoms with Crippen molar-refractivity contribution in [2.75, 3.05) is 19.0 Å². The summed E-state index contributed by atoms with van der Waals surface area (Å²) in [6.45, 7) is 8.51. The molecule has 0 heterocycles. The SMILES string of the molecule is CCOCC(NS(=O)(=O)CC)C(C)C. The van der Waals surface area contributed by atoms with Gasteiger partial charge in [0.1, 0.15) is 0 Å². The van der Waals surface area contributed by atoms with Crippen LogP contribution in [-0.2, 0) is 14.8 Å². The fourth-order valence-electron chi connectivity index (χ4n) is 0.921. The van der Waals surface area contributed by atoms with Gasteiger partial charge in [0.05, 0.1) is 12.4 Å². The predicted octanol–water partition coefficient (Wildman–Crippen LogP) is 0.987. The smallest absolute Gasteiger partial charge is 0.211 e. The van der Waals surface area contributed by atoms with Crippen molar-refractivity contribution in [3.63, 3.8) is 0 Å². The van der Waals surface area contributed by atoms with Gasteiger partial charge >= 0.3 is 0 Å². The Morgan fingerprint density at radius 3 is 2.21 bits per heavy atom. The zero-order valence-corrected chi connectivity index (χ0v) is 10.2. The summed E-state index contributed by atoms with van der Waals surface area (Å²) in [7, 11) is -3.12. The van der Waals surface area contributed by atoms with Gasteiger partial charge in [-0.3, -0.25) is 0 Å². The van der Waals surface area contributed by atoms with Gasteiger partial charge < -0.3 is 4.74 Å². The molecule has 0 saturated heterocycles. The normalized spacial score (nSPS) is 14.6. The molecule has 0 aromatic heterocycles. The van der Waals surface area contributed by atoms with E-state index in [4.69, 9.17) is 4.74 Å². The van der Waals surface area contributed by atoms with Gasteiger partial charge in [-0.1, -0.05) is 13.8 Å². The highest BCUT2D eigenvalue weighted by Crippen LogP contribution is 2.04. The maximum absolute atomic E-state index is 11.3. The molecule has 0 saturated carbocycles. The molecule has 0 aliphatic carbocycles. The molecule has 0 spiro atoms. The van der Waals surface area contributed by atoms with Gasteiger partial charge in [-0.05, 0) is 19.8 Å². The Labute approximate surface area is 87.1 Å². The van der Waals surface area contributed by atoms with E-state index in [1.807, 2.05) is 20.8 Å². The van der Waals surface area contributed by atoms with Crippen LogP contribution in [0.2, 0.25) is 0 Å². The molecule has 5 heteroatoms. The van der Waals surface area contributed by atoms with Crippen LogP contribution in [0.3, 0.4) is 0 Å². The van der Waals surface area contributed by atoms with Crippen LogP contribution in [-0.4, -0.2) is 33.4 Å². The number of sulfonamides is 1. The van der Waals surface area contributed by atoms with Gasteiger partial charge in [-0.25, -0.2) is 13.1 Å². The summed E-state index contributed by atoms with van der Waals surface area (Å²) in [5.41, 5.74) is 0. The van der Waals surface area contributed by atoms with Gasteiger partial charge in [0.2, 0.25) is 10.0 Å². The molecule has 4 nitrogen and oxygen atoms in total. The first-order valence-electron chi connectivity index (χ1n) is 5.00. The summed E-state index contributed by atoms with van der Waals surface area (Å²) in [6, 6.07) is -0.125. The standard InChI is InChI=1S/C9H21NO3S/c1-5-13-7-9(8(3)4)10-14(11,12)6-2/h8-10H,5-7H2,1-4H3. The van der Waals surface area contributed by atoms with Gasteiger partial charge in [-0.2, -0.15) is 0 Å². The van der Waals surface area contributed by atoms with Crippen molar-refractivity contribution >= 4 is 10.0 Å². The molecule has 1 atom stereocenters. The summed E-state index contributed by atoms with van der Waals surface area (Å²) in [4.78, 5) is 0. The van der Waals surface area contributed by atoms with Crippen LogP contribution in [0.1, 0.15) is 27.7 Å². The molecule has 0 aromatic rings. The maximum atomic E-state index is 11.3. The summed E-state index contributed by atoms with van der Waals surface area (Å²) in [5.74, 6) is 0.352. The summed E-state index contributed by atoms with van der Waals surface area (Å²) in [6.07, 6.45) is 0. The van der Waals surface area contributed by atoms with E-state index >= 15 is 0 Å². The molecule has 14 heavy (non-hydrogen) atoms. The number of ether oxygens (including phenoxy) is 1. The first-order valence-corrected chi connectivity index (χ1v) is 6.65. The molecule has 0 bridgehead atoms. The van der Waals surface area contributed by atoms with Gasteiger partial charge in [0.25, 0.3) is 0 Å². The minimum absolute atomic E-state index is 0.113. The zero-order valence-electron chi connectivity index (χ0n) is 9.41. The summed E-state index contributed by atoms with van der Waals surface area (Å²) in [5, 5.41) is 0. The lowest BCUT2D eigenvalue weighted by Crippen LogP contribution is -2.42. The highest BCUT2D eigenvalue weighted by molar-refractivity contribution is 7.89. The minimum Gasteiger partial charge on any atom is -0.380 e. The second kappa shape index (κ2) is 6.37. The fourth-order valence-corrected chi connectivity index (χ4v) is 1.89. The molecule has 86 valence electrons. The highest BCUT2D eigenvalue weighted by Gasteiger charge is 2.19. The molecule has 0 rings (SSSR count). The molecule has 0 aliphatic rings. The molecular formula is C9H21NO3S. The molecule has 0 aromatic carbocycles. The van der Waals surface area contributed by atoms with Crippen molar-refractivity contribution in [3.8, 4) is 0 Å². The Morgan fingerprint density at radius 2 is 1.86 bits per heavy atom. The average Bonchev–Trinajstić information content (AvgIpc) is 2.12. The summed E-state index contributed by atoms with van der Waals surface area (Å²) >= 11 is 0. The van der Waals surface area contributed by atoms with Crippen LogP contribution in [0.4, 0.5) is 0 Å². The average molecular weight is 223 g/mol. The maximum Gasteiger partial charge on any atom is 0.211 e. The van der Waals surface area contributed by atoms with E-state index in [1.165, 1.54) is 0 Å². The van der Waals surface area contributed by atoms with Gasteiger partial charge in [0, 0.05) is 12.6 Å². The third-order valence-electron chi connectivity index (χ3n) is 2.02. The molecular weight excluding hydrogens is 202 g/mol. The van der Waals surface area contributed by atoms with Crippen LogP contribution in [0, 0.1) is 5.92 Å². The Balaban J connectivity index is 4.23. The van der Waals surface area contributed by atoms with E-state index in [2.05, 4.69) is 4.72 Å². The molecule has 1 unspecified atom stereocenters. The Kier molecular flexibility index (Phi) is 6.31. The Hall–Kier alpha value is -0.130. The third-order valence-corrected chi connectivity index (χ3v) is 3.44. The van der Waals surface area contributed by atoms with Crippen LogP contribution in [0.25, 0.3) is 0 Å². The second-order valence-corrected chi connectivity index (χ2v) is 5.57.